The number of carbonyl (C=O) groups is 3. The number of aliphatic carboxylic acids is 1. The molecule has 2 aromatic carbocycles. The van der Waals surface area contributed by atoms with Gasteiger partial charge in [-0.1, -0.05) is 42.5 Å². The van der Waals surface area contributed by atoms with Crippen LogP contribution in [0.1, 0.15) is 24.2 Å². The van der Waals surface area contributed by atoms with Crippen molar-refractivity contribution in [3.05, 3.63) is 48.0 Å². The van der Waals surface area contributed by atoms with Crippen molar-refractivity contribution in [2.45, 2.75) is 36.1 Å². The number of carboxylic acids is 1. The zero-order valence-corrected chi connectivity index (χ0v) is 19.7. The average molecular weight is 424 g/mol. The number of hydrogen-bond acceptors (Lipinski definition) is 6. The first-order valence-electron chi connectivity index (χ1n) is 8.65. The Balaban J connectivity index is 0.00000225. The van der Waals surface area contributed by atoms with Gasteiger partial charge in [0.15, 0.2) is 5.78 Å². The Morgan fingerprint density at radius 3 is 2.50 bits per heavy atom. The van der Waals surface area contributed by atoms with E-state index in [-0.39, 0.29) is 51.4 Å². The number of aliphatic hydroxyl groups excluding tert-OH is 1. The second-order valence-corrected chi connectivity index (χ2v) is 9.21. The first-order valence-corrected chi connectivity index (χ1v) is 9.53. The molecule has 6 nitrogen and oxygen atoms in total. The van der Waals surface area contributed by atoms with Crippen LogP contribution in [0.4, 0.5) is 0 Å². The molecule has 28 heavy (non-hydrogen) atoms. The molecule has 2 saturated heterocycles. The van der Waals surface area contributed by atoms with E-state index in [0.717, 1.165) is 5.39 Å². The van der Waals surface area contributed by atoms with Crippen LogP contribution in [-0.4, -0.2) is 49.9 Å². The molecule has 2 aromatic rings. The molecule has 2 aliphatic rings. The summed E-state index contributed by atoms with van der Waals surface area (Å²) in [6, 6.07) is 11.5. The zero-order valence-electron chi connectivity index (χ0n) is 15.8. The van der Waals surface area contributed by atoms with E-state index < -0.39 is 45.8 Å². The Morgan fingerprint density at radius 1 is 1.18 bits per heavy atom. The molecule has 1 N–H and O–H groups in total. The largest absolute Gasteiger partial charge is 1.00 e. The third-order valence-electron chi connectivity index (χ3n) is 5.37. The van der Waals surface area contributed by atoms with E-state index in [9.17, 15) is 24.6 Å². The Bertz CT molecular complexity index is 973. The summed E-state index contributed by atoms with van der Waals surface area (Å²) < 4.78 is -0.754. The molecule has 0 aromatic heterocycles. The number of rotatable bonds is 4. The Morgan fingerprint density at radius 2 is 1.82 bits per heavy atom. The predicted octanol–water partition coefficient (Wildman–Crippen LogP) is -2.18. The minimum absolute atomic E-state index is 0. The fraction of sp³-hybridized carbons (Fsp3) is 0.350. The normalized spacial score (nSPS) is 26.2. The van der Waals surface area contributed by atoms with Crippen molar-refractivity contribution >= 4 is 40.2 Å². The number of benzene rings is 2. The molecule has 1 amide bonds. The molecule has 0 radical (unpaired) electrons. The van der Waals surface area contributed by atoms with Crippen LogP contribution in [-0.2, 0) is 9.59 Å². The Hall–Kier alpha value is -0.744. The number of aliphatic hydroxyl groups is 1. The SMILES string of the molecule is CC1(C)S[C@@H]2[C@H]([C@H](O)C(=O)c3cccc4ccccc34)C(=O)N2[C@H]1C(=O)[O-].[K+]. The number of fused-ring (bicyclic) bond motifs is 2. The third-order valence-corrected chi connectivity index (χ3v) is 6.96. The van der Waals surface area contributed by atoms with Crippen molar-refractivity contribution in [1.29, 1.82) is 0 Å². The minimum atomic E-state index is -1.52. The van der Waals surface area contributed by atoms with Gasteiger partial charge in [0, 0.05) is 10.3 Å². The molecule has 2 aliphatic heterocycles. The number of carbonyl (C=O) groups excluding carboxylic acids is 3. The summed E-state index contributed by atoms with van der Waals surface area (Å²) in [5.41, 5.74) is 0.352. The van der Waals surface area contributed by atoms with Crippen molar-refractivity contribution in [3.8, 4) is 0 Å². The van der Waals surface area contributed by atoms with E-state index in [4.69, 9.17) is 0 Å². The van der Waals surface area contributed by atoms with Crippen molar-refractivity contribution in [2.75, 3.05) is 0 Å². The number of thioether (sulfide) groups is 1. The molecule has 0 unspecified atom stereocenters. The molecule has 4 atom stereocenters. The summed E-state index contributed by atoms with van der Waals surface area (Å²) in [6.07, 6.45) is -1.52. The predicted molar refractivity (Wildman–Crippen MR) is 98.9 cm³/mol. The molecule has 140 valence electrons. The number of ketones is 1. The second-order valence-electron chi connectivity index (χ2n) is 7.44. The van der Waals surface area contributed by atoms with Gasteiger partial charge in [0.2, 0.25) is 5.91 Å². The average Bonchev–Trinajstić information content (AvgIpc) is 2.88. The van der Waals surface area contributed by atoms with Crippen LogP contribution < -0.4 is 56.5 Å². The fourth-order valence-electron chi connectivity index (χ4n) is 4.08. The van der Waals surface area contributed by atoms with Crippen LogP contribution in [0.3, 0.4) is 0 Å². The van der Waals surface area contributed by atoms with E-state index in [0.29, 0.717) is 10.9 Å². The number of Topliss-reactive ketones (excluding diaryl/α,β-unsaturated/α-hetero) is 1. The van der Waals surface area contributed by atoms with Crippen molar-refractivity contribution in [2.24, 2.45) is 5.92 Å². The molecule has 2 heterocycles. The maximum atomic E-state index is 12.9. The van der Waals surface area contributed by atoms with Crippen LogP contribution >= 0.6 is 11.8 Å². The molecule has 0 aliphatic carbocycles. The van der Waals surface area contributed by atoms with Gasteiger partial charge in [0.1, 0.15) is 12.0 Å². The smallest absolute Gasteiger partial charge is 0.548 e. The van der Waals surface area contributed by atoms with Crippen LogP contribution in [0.15, 0.2) is 42.5 Å². The van der Waals surface area contributed by atoms with Crippen LogP contribution in [0, 0.1) is 5.92 Å². The zero-order chi connectivity index (χ0) is 19.5. The summed E-state index contributed by atoms with van der Waals surface area (Å²) in [5.74, 6) is -3.32. The maximum Gasteiger partial charge on any atom is 1.00 e. The fourth-order valence-corrected chi connectivity index (χ4v) is 5.79. The quantitative estimate of drug-likeness (QED) is 0.341. The van der Waals surface area contributed by atoms with Crippen LogP contribution in [0.5, 0.6) is 0 Å². The molecular formula is C20H18KNO5S. The summed E-state index contributed by atoms with van der Waals surface area (Å²) in [5, 5.41) is 23.2. The molecule has 8 heteroatoms. The molecule has 2 fully saturated rings. The van der Waals surface area contributed by atoms with E-state index >= 15 is 0 Å². The van der Waals surface area contributed by atoms with Crippen molar-refractivity contribution < 1.29 is 76.0 Å². The molecule has 4 rings (SSSR count). The number of nitrogens with zero attached hydrogens (tertiary/aromatic N) is 1. The molecule has 0 saturated carbocycles. The van der Waals surface area contributed by atoms with Gasteiger partial charge in [-0.25, -0.2) is 0 Å². The van der Waals surface area contributed by atoms with Gasteiger partial charge >= 0.3 is 51.4 Å². The maximum absolute atomic E-state index is 12.9. The van der Waals surface area contributed by atoms with Gasteiger partial charge in [-0.05, 0) is 24.6 Å². The monoisotopic (exact) mass is 423 g/mol. The summed E-state index contributed by atoms with van der Waals surface area (Å²) in [6.45, 7) is 3.44. The Labute approximate surface area is 209 Å². The Kier molecular flexibility index (Phi) is 6.14. The summed E-state index contributed by atoms with van der Waals surface area (Å²) in [7, 11) is 0. The molecular weight excluding hydrogens is 405 g/mol. The molecule has 0 bridgehead atoms. The summed E-state index contributed by atoms with van der Waals surface area (Å²) >= 11 is 1.28. The number of carboxylic acid groups (broad SMARTS) is 1. The topological polar surface area (TPSA) is 97.7 Å². The van der Waals surface area contributed by atoms with Gasteiger partial charge in [0.25, 0.3) is 0 Å². The first-order chi connectivity index (χ1) is 12.7. The van der Waals surface area contributed by atoms with E-state index in [1.807, 2.05) is 24.3 Å². The van der Waals surface area contributed by atoms with Crippen molar-refractivity contribution in [3.63, 3.8) is 0 Å². The van der Waals surface area contributed by atoms with Crippen LogP contribution in [0.25, 0.3) is 10.8 Å². The van der Waals surface area contributed by atoms with E-state index in [1.54, 1.807) is 32.0 Å². The van der Waals surface area contributed by atoms with Gasteiger partial charge in [-0.15, -0.1) is 11.8 Å². The van der Waals surface area contributed by atoms with Gasteiger partial charge in [-0.3, -0.25) is 9.59 Å². The third kappa shape index (κ3) is 3.29. The van der Waals surface area contributed by atoms with Crippen LogP contribution in [0.2, 0.25) is 0 Å². The number of amides is 1. The van der Waals surface area contributed by atoms with Gasteiger partial charge < -0.3 is 19.9 Å². The van der Waals surface area contributed by atoms with Gasteiger partial charge in [0.05, 0.1) is 17.4 Å². The molecule has 0 spiro atoms. The van der Waals surface area contributed by atoms with Gasteiger partial charge in [-0.2, -0.15) is 0 Å². The van der Waals surface area contributed by atoms with E-state index in [2.05, 4.69) is 0 Å². The number of β-lactam (4-membered cyclic amide) rings is 1. The number of hydrogen-bond donors (Lipinski definition) is 1. The minimum Gasteiger partial charge on any atom is -0.548 e. The standard InChI is InChI=1S/C20H19NO5S.K/c1-20(2)16(19(25)26)21-17(24)13(18(21)27-20)15(23)14(22)12-9-5-7-10-6-3-4-8-11(10)12;/h3-9,13,15-16,18,23H,1-2H3,(H,25,26);/q;+1/p-1/t13-,15+,16+,18-;/m1./s1. The van der Waals surface area contributed by atoms with E-state index in [1.165, 1.54) is 16.7 Å². The van der Waals surface area contributed by atoms with Crippen molar-refractivity contribution in [1.82, 2.24) is 4.90 Å². The second kappa shape index (κ2) is 7.83. The first kappa shape index (κ1) is 22.0. The summed E-state index contributed by atoms with van der Waals surface area (Å²) in [4.78, 5) is 38.3.